The summed E-state index contributed by atoms with van der Waals surface area (Å²) in [6.07, 6.45) is 3.10. The monoisotopic (exact) mass is 490 g/mol. The Morgan fingerprint density at radius 2 is 1.91 bits per heavy atom. The standard InChI is InChI=1S/C25H28F2N2O4S/c1-17(19-8-10-32-11-9-19)33-21-6-7-23(24(27)14-21)25-12-18(15-28-2)16-29(25)34(30,31)22-5-3-4-20(26)13-22/h3-7,12-14,16-17,19,28H,8-11,15H2,1-2H3. The highest BCUT2D eigenvalue weighted by Gasteiger charge is 2.25. The SMILES string of the molecule is CNCc1cc(-c2ccc(OC(C)C3CCOCC3)cc2F)n(S(=O)(=O)c2cccc(F)c2)c1. The van der Waals surface area contributed by atoms with E-state index < -0.39 is 21.7 Å². The van der Waals surface area contributed by atoms with Crippen molar-refractivity contribution in [3.8, 4) is 17.0 Å². The molecule has 182 valence electrons. The van der Waals surface area contributed by atoms with Crippen molar-refractivity contribution in [2.75, 3.05) is 20.3 Å². The number of hydrogen-bond donors (Lipinski definition) is 1. The van der Waals surface area contributed by atoms with Crippen LogP contribution in [0.15, 0.2) is 59.6 Å². The number of nitrogens with zero attached hydrogens (tertiary/aromatic N) is 1. The molecule has 0 radical (unpaired) electrons. The van der Waals surface area contributed by atoms with E-state index in [-0.39, 0.29) is 22.3 Å². The Morgan fingerprint density at radius 1 is 1.15 bits per heavy atom. The fraction of sp³-hybridized carbons (Fsp3) is 0.360. The molecule has 1 fully saturated rings. The third kappa shape index (κ3) is 5.16. The van der Waals surface area contributed by atoms with Crippen LogP contribution in [0.3, 0.4) is 0 Å². The molecule has 1 atom stereocenters. The van der Waals surface area contributed by atoms with Crippen molar-refractivity contribution in [1.82, 2.24) is 9.29 Å². The molecule has 3 aromatic rings. The van der Waals surface area contributed by atoms with Crippen LogP contribution in [-0.2, 0) is 21.3 Å². The maximum atomic E-state index is 15.3. The van der Waals surface area contributed by atoms with Crippen LogP contribution in [0.4, 0.5) is 8.78 Å². The number of hydrogen-bond acceptors (Lipinski definition) is 5. The van der Waals surface area contributed by atoms with Gasteiger partial charge < -0.3 is 14.8 Å². The Morgan fingerprint density at radius 3 is 2.59 bits per heavy atom. The van der Waals surface area contributed by atoms with Crippen LogP contribution in [0.2, 0.25) is 0 Å². The van der Waals surface area contributed by atoms with Gasteiger partial charge in [-0.15, -0.1) is 0 Å². The van der Waals surface area contributed by atoms with E-state index >= 15 is 4.39 Å². The lowest BCUT2D eigenvalue weighted by Gasteiger charge is -2.28. The summed E-state index contributed by atoms with van der Waals surface area (Å²) in [6.45, 7) is 3.72. The van der Waals surface area contributed by atoms with Gasteiger partial charge in [-0.2, -0.15) is 0 Å². The molecule has 1 aliphatic heterocycles. The summed E-state index contributed by atoms with van der Waals surface area (Å²) in [5, 5.41) is 2.96. The number of nitrogens with one attached hydrogen (secondary N) is 1. The molecular weight excluding hydrogens is 462 g/mol. The quantitative estimate of drug-likeness (QED) is 0.501. The summed E-state index contributed by atoms with van der Waals surface area (Å²) < 4.78 is 68.0. The van der Waals surface area contributed by atoms with Gasteiger partial charge in [0.15, 0.2) is 0 Å². The van der Waals surface area contributed by atoms with E-state index in [1.807, 2.05) is 6.92 Å². The molecular formula is C25H28F2N2O4S. The molecule has 1 saturated heterocycles. The van der Waals surface area contributed by atoms with Gasteiger partial charge in [-0.1, -0.05) is 6.07 Å². The lowest BCUT2D eigenvalue weighted by Crippen LogP contribution is -2.29. The Labute approximate surface area is 198 Å². The number of ether oxygens (including phenoxy) is 2. The van der Waals surface area contributed by atoms with Crippen LogP contribution in [0.25, 0.3) is 11.3 Å². The van der Waals surface area contributed by atoms with Gasteiger partial charge in [0, 0.05) is 37.6 Å². The molecule has 0 aliphatic carbocycles. The summed E-state index contributed by atoms with van der Waals surface area (Å²) in [7, 11) is -2.43. The van der Waals surface area contributed by atoms with Gasteiger partial charge in [0.2, 0.25) is 0 Å². The zero-order chi connectivity index (χ0) is 24.3. The zero-order valence-corrected chi connectivity index (χ0v) is 19.9. The second-order valence-electron chi connectivity index (χ2n) is 8.44. The van der Waals surface area contributed by atoms with E-state index in [1.54, 1.807) is 19.2 Å². The first-order valence-electron chi connectivity index (χ1n) is 11.2. The highest BCUT2D eigenvalue weighted by Crippen LogP contribution is 2.32. The molecule has 34 heavy (non-hydrogen) atoms. The Bertz CT molecular complexity index is 1250. The van der Waals surface area contributed by atoms with E-state index in [2.05, 4.69) is 5.32 Å². The minimum Gasteiger partial charge on any atom is -0.490 e. The second-order valence-corrected chi connectivity index (χ2v) is 10.3. The molecule has 1 N–H and O–H groups in total. The molecule has 2 aromatic carbocycles. The molecule has 0 saturated carbocycles. The smallest absolute Gasteiger partial charge is 0.268 e. The van der Waals surface area contributed by atoms with Gasteiger partial charge in [-0.3, -0.25) is 0 Å². The number of aromatic nitrogens is 1. The maximum absolute atomic E-state index is 15.3. The molecule has 0 amide bonds. The Hall–Kier alpha value is -2.75. The fourth-order valence-electron chi connectivity index (χ4n) is 4.21. The van der Waals surface area contributed by atoms with Crippen molar-refractivity contribution < 1.29 is 26.7 Å². The minimum atomic E-state index is -4.16. The summed E-state index contributed by atoms with van der Waals surface area (Å²) in [6, 6.07) is 10.8. The molecule has 0 spiro atoms. The van der Waals surface area contributed by atoms with Crippen LogP contribution in [0, 0.1) is 17.6 Å². The average Bonchev–Trinajstić information content (AvgIpc) is 3.24. The van der Waals surface area contributed by atoms with Gasteiger partial charge in [-0.25, -0.2) is 21.2 Å². The van der Waals surface area contributed by atoms with Gasteiger partial charge in [0.05, 0.1) is 16.7 Å². The van der Waals surface area contributed by atoms with Gasteiger partial charge in [0.25, 0.3) is 10.0 Å². The van der Waals surface area contributed by atoms with Crippen molar-refractivity contribution >= 4 is 10.0 Å². The van der Waals surface area contributed by atoms with Crippen molar-refractivity contribution in [3.05, 3.63) is 71.9 Å². The van der Waals surface area contributed by atoms with Crippen LogP contribution < -0.4 is 10.1 Å². The lowest BCUT2D eigenvalue weighted by atomic mass is 9.95. The van der Waals surface area contributed by atoms with Gasteiger partial charge in [-0.05, 0) is 74.7 Å². The highest BCUT2D eigenvalue weighted by atomic mass is 32.2. The fourth-order valence-corrected chi connectivity index (χ4v) is 5.63. The average molecular weight is 491 g/mol. The van der Waals surface area contributed by atoms with E-state index in [9.17, 15) is 12.8 Å². The van der Waals surface area contributed by atoms with Crippen LogP contribution in [-0.4, -0.2) is 38.8 Å². The summed E-state index contributed by atoms with van der Waals surface area (Å²) >= 11 is 0. The Kier molecular flexibility index (Phi) is 7.35. The lowest BCUT2D eigenvalue weighted by molar-refractivity contribution is 0.0238. The van der Waals surface area contributed by atoms with Crippen LogP contribution in [0.1, 0.15) is 25.3 Å². The third-order valence-electron chi connectivity index (χ3n) is 6.04. The number of rotatable bonds is 8. The van der Waals surface area contributed by atoms with Crippen LogP contribution >= 0.6 is 0 Å². The van der Waals surface area contributed by atoms with Gasteiger partial charge >= 0.3 is 0 Å². The summed E-state index contributed by atoms with van der Waals surface area (Å²) in [5.41, 5.74) is 0.898. The van der Waals surface area contributed by atoms with Crippen molar-refractivity contribution in [2.24, 2.45) is 5.92 Å². The molecule has 0 bridgehead atoms. The first kappa shape index (κ1) is 24.4. The number of halogens is 2. The molecule has 1 aromatic heterocycles. The molecule has 1 aliphatic rings. The third-order valence-corrected chi connectivity index (χ3v) is 7.71. The van der Waals surface area contributed by atoms with Crippen molar-refractivity contribution in [1.29, 1.82) is 0 Å². The largest absolute Gasteiger partial charge is 0.490 e. The number of benzene rings is 2. The van der Waals surface area contributed by atoms with Crippen molar-refractivity contribution in [3.63, 3.8) is 0 Å². The van der Waals surface area contributed by atoms with E-state index in [4.69, 9.17) is 9.47 Å². The van der Waals surface area contributed by atoms with Crippen molar-refractivity contribution in [2.45, 2.75) is 37.3 Å². The predicted molar refractivity (Wildman–Crippen MR) is 125 cm³/mol. The highest BCUT2D eigenvalue weighted by molar-refractivity contribution is 7.90. The van der Waals surface area contributed by atoms with E-state index in [0.29, 0.717) is 37.0 Å². The summed E-state index contributed by atoms with van der Waals surface area (Å²) in [5.74, 6) is -0.575. The summed E-state index contributed by atoms with van der Waals surface area (Å²) in [4.78, 5) is -0.217. The normalized spacial score (nSPS) is 15.9. The van der Waals surface area contributed by atoms with Crippen LogP contribution in [0.5, 0.6) is 5.75 Å². The van der Waals surface area contributed by atoms with E-state index in [1.165, 1.54) is 36.5 Å². The maximum Gasteiger partial charge on any atom is 0.268 e. The molecule has 9 heteroatoms. The van der Waals surface area contributed by atoms with Gasteiger partial charge in [0.1, 0.15) is 17.4 Å². The molecule has 4 rings (SSSR count). The zero-order valence-electron chi connectivity index (χ0n) is 19.1. The second kappa shape index (κ2) is 10.2. The first-order valence-corrected chi connectivity index (χ1v) is 12.6. The molecule has 2 heterocycles. The molecule has 6 nitrogen and oxygen atoms in total. The molecule has 1 unspecified atom stereocenters. The Balaban J connectivity index is 1.68. The van der Waals surface area contributed by atoms with E-state index in [0.717, 1.165) is 22.9 Å². The first-order chi connectivity index (χ1) is 16.3. The predicted octanol–water partition coefficient (Wildman–Crippen LogP) is 4.58. The topological polar surface area (TPSA) is 69.6 Å². The minimum absolute atomic E-state index is 0.103.